The number of rotatable bonds is 6. The Kier molecular flexibility index (Phi) is 5.56. The average molecular weight is 300 g/mol. The van der Waals surface area contributed by atoms with E-state index in [-0.39, 0.29) is 11.5 Å². The first-order valence-corrected chi connectivity index (χ1v) is 8.03. The second-order valence-electron chi connectivity index (χ2n) is 4.79. The van der Waals surface area contributed by atoms with E-state index >= 15 is 0 Å². The summed E-state index contributed by atoms with van der Waals surface area (Å²) in [7, 11) is -0.676. The number of ether oxygens (including phenoxy) is 2. The van der Waals surface area contributed by atoms with E-state index in [9.17, 15) is 13.2 Å². The first kappa shape index (κ1) is 16.5. The molecule has 1 aromatic rings. The Morgan fingerprint density at radius 3 is 2.50 bits per heavy atom. The minimum absolute atomic E-state index is 0.154. The van der Waals surface area contributed by atoms with Gasteiger partial charge in [-0.15, -0.1) is 0 Å². The van der Waals surface area contributed by atoms with E-state index in [4.69, 9.17) is 4.74 Å². The zero-order valence-corrected chi connectivity index (χ0v) is 13.0. The first-order valence-electron chi connectivity index (χ1n) is 6.21. The number of sulfone groups is 1. The molecule has 0 radical (unpaired) electrons. The molecule has 0 amide bonds. The maximum atomic E-state index is 12.1. The molecule has 1 rings (SSSR count). The Bertz CT molecular complexity index is 577. The highest BCUT2D eigenvalue weighted by Crippen LogP contribution is 2.23. The minimum atomic E-state index is -3.42. The summed E-state index contributed by atoms with van der Waals surface area (Å²) in [6.07, 6.45) is 0. The molecule has 0 spiro atoms. The van der Waals surface area contributed by atoms with Crippen LogP contribution in [0.25, 0.3) is 0 Å². The fourth-order valence-corrected chi connectivity index (χ4v) is 3.68. The zero-order chi connectivity index (χ0) is 15.3. The summed E-state index contributed by atoms with van der Waals surface area (Å²) in [5.74, 6) is -1.06. The first-order chi connectivity index (χ1) is 9.29. The number of benzene rings is 1. The van der Waals surface area contributed by atoms with E-state index in [1.807, 2.05) is 13.0 Å². The number of carbonyl (C=O) groups excluding carboxylic acids is 1. The van der Waals surface area contributed by atoms with Crippen molar-refractivity contribution in [2.24, 2.45) is 5.92 Å². The molecule has 20 heavy (non-hydrogen) atoms. The van der Waals surface area contributed by atoms with E-state index in [1.165, 1.54) is 21.1 Å². The summed E-state index contributed by atoms with van der Waals surface area (Å²) in [5, 5.41) is 0. The highest BCUT2D eigenvalue weighted by Gasteiger charge is 2.23. The van der Waals surface area contributed by atoms with Gasteiger partial charge in [-0.25, -0.2) is 8.42 Å². The zero-order valence-electron chi connectivity index (χ0n) is 12.2. The number of hydrogen-bond donors (Lipinski definition) is 0. The smallest absolute Gasteiger partial charge is 0.309 e. The third-order valence-electron chi connectivity index (χ3n) is 2.92. The van der Waals surface area contributed by atoms with E-state index in [1.54, 1.807) is 12.1 Å². The van der Waals surface area contributed by atoms with Crippen molar-refractivity contribution in [3.05, 3.63) is 29.3 Å². The lowest BCUT2D eigenvalue weighted by Gasteiger charge is -2.12. The molecule has 5 nitrogen and oxygen atoms in total. The minimum Gasteiger partial charge on any atom is -0.496 e. The van der Waals surface area contributed by atoms with Crippen molar-refractivity contribution in [1.29, 1.82) is 0 Å². The monoisotopic (exact) mass is 300 g/mol. The molecule has 0 aliphatic heterocycles. The van der Waals surface area contributed by atoms with Crippen LogP contribution in [-0.2, 0) is 25.1 Å². The second kappa shape index (κ2) is 6.74. The van der Waals surface area contributed by atoms with Crippen LogP contribution in [0.3, 0.4) is 0 Å². The molecule has 0 aromatic heterocycles. The Labute approximate surface area is 119 Å². The van der Waals surface area contributed by atoms with Crippen molar-refractivity contribution in [3.63, 3.8) is 0 Å². The molecule has 1 atom stereocenters. The van der Waals surface area contributed by atoms with E-state index in [0.717, 1.165) is 5.56 Å². The van der Waals surface area contributed by atoms with Gasteiger partial charge in [-0.05, 0) is 13.0 Å². The van der Waals surface area contributed by atoms with Crippen LogP contribution in [0.1, 0.15) is 18.1 Å². The van der Waals surface area contributed by atoms with Gasteiger partial charge in [-0.3, -0.25) is 4.79 Å². The molecule has 0 aliphatic carbocycles. The maximum Gasteiger partial charge on any atom is 0.309 e. The molecule has 0 N–H and O–H groups in total. The lowest BCUT2D eigenvalue weighted by Crippen LogP contribution is -2.23. The summed E-state index contributed by atoms with van der Waals surface area (Å²) >= 11 is 0. The summed E-state index contributed by atoms with van der Waals surface area (Å²) < 4.78 is 34.0. The summed E-state index contributed by atoms with van der Waals surface area (Å²) in [4.78, 5) is 11.3. The fraction of sp³-hybridized carbons (Fsp3) is 0.500. The molecule has 0 aliphatic rings. The molecule has 0 saturated heterocycles. The van der Waals surface area contributed by atoms with Crippen LogP contribution in [0.5, 0.6) is 5.75 Å². The van der Waals surface area contributed by atoms with Crippen molar-refractivity contribution >= 4 is 15.8 Å². The van der Waals surface area contributed by atoms with Crippen molar-refractivity contribution < 1.29 is 22.7 Å². The molecular formula is C14H20O5S. The van der Waals surface area contributed by atoms with Crippen LogP contribution in [0, 0.1) is 12.8 Å². The Morgan fingerprint density at radius 2 is 1.95 bits per heavy atom. The molecule has 0 saturated carbocycles. The standard InChI is InChI=1S/C14H20O5S/c1-10-5-6-13(18-3)12(7-10)9-20(16,17)8-11(2)14(15)19-4/h5-7,11H,8-9H2,1-4H3. The molecular weight excluding hydrogens is 280 g/mol. The summed E-state index contributed by atoms with van der Waals surface area (Å²) in [5.41, 5.74) is 1.56. The van der Waals surface area contributed by atoms with Crippen LogP contribution in [-0.4, -0.2) is 34.4 Å². The average Bonchev–Trinajstić information content (AvgIpc) is 2.36. The van der Waals surface area contributed by atoms with Gasteiger partial charge in [0.15, 0.2) is 9.84 Å². The maximum absolute atomic E-state index is 12.1. The Balaban J connectivity index is 2.91. The quantitative estimate of drug-likeness (QED) is 0.748. The number of aryl methyl sites for hydroxylation is 1. The SMILES string of the molecule is COC(=O)C(C)CS(=O)(=O)Cc1cc(C)ccc1OC. The van der Waals surface area contributed by atoms with Gasteiger partial charge in [0.05, 0.1) is 31.6 Å². The van der Waals surface area contributed by atoms with Crippen LogP contribution in [0.15, 0.2) is 18.2 Å². The predicted molar refractivity (Wildman–Crippen MR) is 76.4 cm³/mol. The number of methoxy groups -OCH3 is 2. The van der Waals surface area contributed by atoms with Gasteiger partial charge < -0.3 is 9.47 Å². The third kappa shape index (κ3) is 4.52. The topological polar surface area (TPSA) is 69.7 Å². The van der Waals surface area contributed by atoms with Gasteiger partial charge in [0.2, 0.25) is 0 Å². The number of esters is 1. The molecule has 0 heterocycles. The molecule has 6 heteroatoms. The van der Waals surface area contributed by atoms with Gasteiger partial charge in [0, 0.05) is 5.56 Å². The highest BCUT2D eigenvalue weighted by molar-refractivity contribution is 7.90. The van der Waals surface area contributed by atoms with Crippen LogP contribution >= 0.6 is 0 Å². The van der Waals surface area contributed by atoms with Crippen molar-refractivity contribution in [3.8, 4) is 5.75 Å². The van der Waals surface area contributed by atoms with Gasteiger partial charge in [0.25, 0.3) is 0 Å². The number of hydrogen-bond acceptors (Lipinski definition) is 5. The summed E-state index contributed by atoms with van der Waals surface area (Å²) in [6, 6.07) is 5.37. The number of carbonyl (C=O) groups is 1. The lowest BCUT2D eigenvalue weighted by molar-refractivity contribution is -0.144. The molecule has 0 fully saturated rings. The van der Waals surface area contributed by atoms with Crippen molar-refractivity contribution in [1.82, 2.24) is 0 Å². The molecule has 1 unspecified atom stereocenters. The van der Waals surface area contributed by atoms with Gasteiger partial charge >= 0.3 is 5.97 Å². The summed E-state index contributed by atoms with van der Waals surface area (Å²) in [6.45, 7) is 3.42. The van der Waals surface area contributed by atoms with Crippen LogP contribution in [0.4, 0.5) is 0 Å². The van der Waals surface area contributed by atoms with Gasteiger partial charge in [0.1, 0.15) is 5.75 Å². The Morgan fingerprint density at radius 1 is 1.30 bits per heavy atom. The van der Waals surface area contributed by atoms with Crippen LogP contribution < -0.4 is 4.74 Å². The van der Waals surface area contributed by atoms with Crippen LogP contribution in [0.2, 0.25) is 0 Å². The molecule has 1 aromatic carbocycles. The Hall–Kier alpha value is -1.56. The fourth-order valence-electron chi connectivity index (χ4n) is 1.97. The van der Waals surface area contributed by atoms with Gasteiger partial charge in [-0.2, -0.15) is 0 Å². The second-order valence-corrected chi connectivity index (χ2v) is 6.90. The third-order valence-corrected chi connectivity index (χ3v) is 4.68. The van der Waals surface area contributed by atoms with Crippen molar-refractivity contribution in [2.75, 3.05) is 20.0 Å². The van der Waals surface area contributed by atoms with E-state index in [2.05, 4.69) is 4.74 Å². The highest BCUT2D eigenvalue weighted by atomic mass is 32.2. The van der Waals surface area contributed by atoms with Gasteiger partial charge in [-0.1, -0.05) is 24.6 Å². The lowest BCUT2D eigenvalue weighted by atomic mass is 10.1. The van der Waals surface area contributed by atoms with E-state index in [0.29, 0.717) is 11.3 Å². The normalized spacial score (nSPS) is 12.8. The van der Waals surface area contributed by atoms with Crippen molar-refractivity contribution in [2.45, 2.75) is 19.6 Å². The largest absolute Gasteiger partial charge is 0.496 e. The van der Waals surface area contributed by atoms with E-state index < -0.39 is 21.7 Å². The molecule has 0 bridgehead atoms. The predicted octanol–water partition coefficient (Wildman–Crippen LogP) is 1.73. The molecule has 112 valence electrons.